The molecule has 0 saturated heterocycles. The molecule has 5 heteroatoms. The molecule has 0 fully saturated rings. The summed E-state index contributed by atoms with van der Waals surface area (Å²) < 4.78 is 10.5. The fraction of sp³-hybridized carbons (Fsp3) is 0.300. The number of rotatable bonds is 1. The van der Waals surface area contributed by atoms with Crippen LogP contribution in [0.3, 0.4) is 0 Å². The van der Waals surface area contributed by atoms with Crippen LogP contribution in [0.4, 0.5) is 0 Å². The fourth-order valence-electron chi connectivity index (χ4n) is 1.63. The van der Waals surface area contributed by atoms with Crippen molar-refractivity contribution in [3.05, 3.63) is 28.8 Å². The van der Waals surface area contributed by atoms with Gasteiger partial charge in [0.15, 0.2) is 12.6 Å². The van der Waals surface area contributed by atoms with E-state index in [1.165, 1.54) is 0 Å². The van der Waals surface area contributed by atoms with Crippen molar-refractivity contribution in [1.82, 2.24) is 0 Å². The lowest BCUT2D eigenvalue weighted by Gasteiger charge is -2.20. The van der Waals surface area contributed by atoms with E-state index in [1.54, 1.807) is 12.1 Å². The number of benzene rings is 1. The average molecular weight is 208 g/mol. The van der Waals surface area contributed by atoms with E-state index in [2.05, 4.69) is 5.16 Å². The molecule has 0 radical (unpaired) electrons. The van der Waals surface area contributed by atoms with Crippen LogP contribution in [0.25, 0.3) is 0 Å². The van der Waals surface area contributed by atoms with Gasteiger partial charge in [0, 0.05) is 11.1 Å². The summed E-state index contributed by atoms with van der Waals surface area (Å²) >= 11 is 0. The smallest absolute Gasteiger partial charge is 0.189 e. The van der Waals surface area contributed by atoms with E-state index in [0.717, 1.165) is 16.9 Å². The molecule has 0 aliphatic carbocycles. The second-order valence-corrected chi connectivity index (χ2v) is 3.31. The third-order valence-corrected chi connectivity index (χ3v) is 2.48. The Morgan fingerprint density at radius 1 is 1.53 bits per heavy atom. The Kier molecular flexibility index (Phi) is 2.47. The summed E-state index contributed by atoms with van der Waals surface area (Å²) in [5, 5.41) is 11.6. The van der Waals surface area contributed by atoms with Gasteiger partial charge in [0.1, 0.15) is 5.75 Å². The van der Waals surface area contributed by atoms with Gasteiger partial charge in [-0.25, -0.2) is 0 Å². The lowest BCUT2D eigenvalue weighted by molar-refractivity contribution is -0.0167. The first-order valence-electron chi connectivity index (χ1n) is 4.55. The molecule has 0 aromatic heterocycles. The van der Waals surface area contributed by atoms with Crippen LogP contribution in [0.2, 0.25) is 0 Å². The summed E-state index contributed by atoms with van der Waals surface area (Å²) in [4.78, 5) is 0. The second-order valence-electron chi connectivity index (χ2n) is 3.31. The minimum atomic E-state index is 0.0980. The maximum Gasteiger partial charge on any atom is 0.189 e. The third-order valence-electron chi connectivity index (χ3n) is 2.48. The molecule has 1 aromatic carbocycles. The number of nitrogens with zero attached hydrogens (tertiary/aromatic N) is 1. The Bertz CT molecular complexity index is 415. The van der Waals surface area contributed by atoms with Crippen molar-refractivity contribution in [2.45, 2.75) is 13.5 Å². The summed E-state index contributed by atoms with van der Waals surface area (Å²) in [6.07, 6.45) is 0. The number of amidine groups is 1. The SMILES string of the molecule is Cc1c(/C(N)=N\O)ccc2c1COCO2. The van der Waals surface area contributed by atoms with Crippen LogP contribution in [0.1, 0.15) is 16.7 Å². The van der Waals surface area contributed by atoms with Crippen LogP contribution in [-0.2, 0) is 11.3 Å². The van der Waals surface area contributed by atoms with Crippen LogP contribution >= 0.6 is 0 Å². The van der Waals surface area contributed by atoms with Crippen molar-refractivity contribution in [2.24, 2.45) is 10.9 Å². The van der Waals surface area contributed by atoms with E-state index in [0.29, 0.717) is 12.2 Å². The summed E-state index contributed by atoms with van der Waals surface area (Å²) in [6, 6.07) is 3.58. The molecule has 0 spiro atoms. The zero-order valence-electron chi connectivity index (χ0n) is 8.36. The molecular weight excluding hydrogens is 196 g/mol. The van der Waals surface area contributed by atoms with Gasteiger partial charge in [-0.3, -0.25) is 0 Å². The highest BCUT2D eigenvalue weighted by Gasteiger charge is 2.16. The van der Waals surface area contributed by atoms with Crippen LogP contribution in [0.5, 0.6) is 5.75 Å². The zero-order valence-corrected chi connectivity index (χ0v) is 8.36. The molecule has 0 amide bonds. The molecule has 3 N–H and O–H groups in total. The van der Waals surface area contributed by atoms with Gasteiger partial charge in [-0.1, -0.05) is 5.16 Å². The van der Waals surface area contributed by atoms with Gasteiger partial charge in [-0.05, 0) is 24.6 Å². The molecule has 80 valence electrons. The van der Waals surface area contributed by atoms with E-state index in [9.17, 15) is 0 Å². The van der Waals surface area contributed by atoms with Crippen molar-refractivity contribution in [3.63, 3.8) is 0 Å². The highest BCUT2D eigenvalue weighted by atomic mass is 16.7. The number of oxime groups is 1. The molecule has 5 nitrogen and oxygen atoms in total. The maximum absolute atomic E-state index is 8.62. The summed E-state index contributed by atoms with van der Waals surface area (Å²) in [7, 11) is 0. The molecule has 0 unspecified atom stereocenters. The first-order valence-corrected chi connectivity index (χ1v) is 4.55. The maximum atomic E-state index is 8.62. The van der Waals surface area contributed by atoms with Crippen molar-refractivity contribution in [2.75, 3.05) is 6.79 Å². The Labute approximate surface area is 87.1 Å². The second kappa shape index (κ2) is 3.78. The molecule has 1 aliphatic heterocycles. The van der Waals surface area contributed by atoms with Crippen molar-refractivity contribution < 1.29 is 14.7 Å². The molecule has 0 bridgehead atoms. The van der Waals surface area contributed by atoms with Crippen LogP contribution in [0.15, 0.2) is 17.3 Å². The van der Waals surface area contributed by atoms with E-state index in [4.69, 9.17) is 20.4 Å². The highest BCUT2D eigenvalue weighted by molar-refractivity contribution is 5.98. The van der Waals surface area contributed by atoms with E-state index in [-0.39, 0.29) is 12.6 Å². The highest BCUT2D eigenvalue weighted by Crippen LogP contribution is 2.28. The van der Waals surface area contributed by atoms with Gasteiger partial charge in [0.25, 0.3) is 0 Å². The standard InChI is InChI=1S/C10H12N2O3/c1-6-7(10(11)12-13)2-3-9-8(6)4-14-5-15-9/h2-3,13H,4-5H2,1H3,(H2,11,12). The first kappa shape index (κ1) is 9.79. The van der Waals surface area contributed by atoms with Gasteiger partial charge in [-0.15, -0.1) is 0 Å². The minimum Gasteiger partial charge on any atom is -0.467 e. The molecule has 1 heterocycles. The number of ether oxygens (including phenoxy) is 2. The largest absolute Gasteiger partial charge is 0.467 e. The van der Waals surface area contributed by atoms with Crippen molar-refractivity contribution in [1.29, 1.82) is 0 Å². The Morgan fingerprint density at radius 3 is 3.07 bits per heavy atom. The number of fused-ring (bicyclic) bond motifs is 1. The summed E-state index contributed by atoms with van der Waals surface area (Å²) in [5.41, 5.74) is 8.11. The monoisotopic (exact) mass is 208 g/mol. The molecule has 15 heavy (non-hydrogen) atoms. The molecule has 1 aromatic rings. The molecule has 2 rings (SSSR count). The normalized spacial score (nSPS) is 15.7. The van der Waals surface area contributed by atoms with Gasteiger partial charge >= 0.3 is 0 Å². The van der Waals surface area contributed by atoms with Crippen LogP contribution in [-0.4, -0.2) is 17.8 Å². The Balaban J connectivity index is 2.52. The van der Waals surface area contributed by atoms with Crippen molar-refractivity contribution in [3.8, 4) is 5.75 Å². The van der Waals surface area contributed by atoms with E-state index < -0.39 is 0 Å². The quantitative estimate of drug-likeness (QED) is 0.312. The third kappa shape index (κ3) is 1.61. The van der Waals surface area contributed by atoms with E-state index >= 15 is 0 Å². The number of hydrogen-bond donors (Lipinski definition) is 2. The summed E-state index contributed by atoms with van der Waals surface area (Å²) in [6.45, 7) is 2.66. The Morgan fingerprint density at radius 2 is 2.33 bits per heavy atom. The lowest BCUT2D eigenvalue weighted by atomic mass is 10.0. The van der Waals surface area contributed by atoms with Crippen LogP contribution in [0, 0.1) is 6.92 Å². The first-order chi connectivity index (χ1) is 7.24. The van der Waals surface area contributed by atoms with Gasteiger partial charge in [0.05, 0.1) is 6.61 Å². The topological polar surface area (TPSA) is 77.1 Å². The van der Waals surface area contributed by atoms with Crippen LogP contribution < -0.4 is 10.5 Å². The van der Waals surface area contributed by atoms with Gasteiger partial charge in [-0.2, -0.15) is 0 Å². The fourth-order valence-corrected chi connectivity index (χ4v) is 1.63. The van der Waals surface area contributed by atoms with Gasteiger partial charge in [0.2, 0.25) is 0 Å². The molecule has 1 aliphatic rings. The van der Waals surface area contributed by atoms with Crippen molar-refractivity contribution >= 4 is 5.84 Å². The summed E-state index contributed by atoms with van der Waals surface area (Å²) in [5.74, 6) is 0.897. The van der Waals surface area contributed by atoms with Gasteiger partial charge < -0.3 is 20.4 Å². The molecule has 0 saturated carbocycles. The number of nitrogens with two attached hydrogens (primary N) is 1. The zero-order chi connectivity index (χ0) is 10.8. The molecular formula is C10H12N2O3. The molecule has 0 atom stereocenters. The number of hydrogen-bond acceptors (Lipinski definition) is 4. The average Bonchev–Trinajstić information content (AvgIpc) is 2.29. The Hall–Kier alpha value is -1.75. The predicted molar refractivity (Wildman–Crippen MR) is 54.0 cm³/mol. The van der Waals surface area contributed by atoms with E-state index in [1.807, 2.05) is 6.92 Å². The minimum absolute atomic E-state index is 0.0980. The lowest BCUT2D eigenvalue weighted by Crippen LogP contribution is -2.18. The predicted octanol–water partition coefficient (Wildman–Crippen LogP) is 0.956.